The van der Waals surface area contributed by atoms with Gasteiger partial charge in [-0.2, -0.15) is 5.26 Å². The molecule has 0 saturated carbocycles. The highest BCUT2D eigenvalue weighted by Gasteiger charge is 2.16. The van der Waals surface area contributed by atoms with Crippen molar-refractivity contribution in [2.24, 2.45) is 0 Å². The lowest BCUT2D eigenvalue weighted by atomic mass is 9.96. The highest BCUT2D eigenvalue weighted by atomic mass is 16.5. The zero-order valence-corrected chi connectivity index (χ0v) is 10.7. The van der Waals surface area contributed by atoms with Crippen LogP contribution in [0.15, 0.2) is 36.8 Å². The molecule has 5 heteroatoms. The Hall–Kier alpha value is -2.61. The lowest BCUT2D eigenvalue weighted by molar-refractivity contribution is 0.354. The summed E-state index contributed by atoms with van der Waals surface area (Å²) in [6.45, 7) is 0. The van der Waals surface area contributed by atoms with Crippen LogP contribution in [0.2, 0.25) is 0 Å². The van der Waals surface area contributed by atoms with E-state index in [1.54, 1.807) is 38.6 Å². The van der Waals surface area contributed by atoms with Gasteiger partial charge < -0.3 is 9.47 Å². The van der Waals surface area contributed by atoms with Gasteiger partial charge in [-0.25, -0.2) is 9.97 Å². The van der Waals surface area contributed by atoms with Gasteiger partial charge in [0.25, 0.3) is 0 Å². The number of hydrogen-bond donors (Lipinski definition) is 0. The number of aromatic nitrogens is 2. The van der Waals surface area contributed by atoms with Crippen LogP contribution in [0, 0.1) is 11.3 Å². The van der Waals surface area contributed by atoms with E-state index in [0.717, 1.165) is 5.56 Å². The molecule has 1 unspecified atom stereocenters. The van der Waals surface area contributed by atoms with Crippen LogP contribution in [0.3, 0.4) is 0 Å². The molecule has 0 bridgehead atoms. The van der Waals surface area contributed by atoms with Crippen molar-refractivity contribution >= 4 is 0 Å². The van der Waals surface area contributed by atoms with Crippen molar-refractivity contribution in [2.75, 3.05) is 14.2 Å². The van der Waals surface area contributed by atoms with Gasteiger partial charge in [0.05, 0.1) is 26.0 Å². The van der Waals surface area contributed by atoms with Crippen LogP contribution in [0.25, 0.3) is 0 Å². The summed E-state index contributed by atoms with van der Waals surface area (Å²) in [6.07, 6.45) is 3.05. The molecule has 1 atom stereocenters. The van der Waals surface area contributed by atoms with Gasteiger partial charge in [-0.15, -0.1) is 0 Å². The topological polar surface area (TPSA) is 68.0 Å². The molecule has 5 nitrogen and oxygen atoms in total. The third kappa shape index (κ3) is 2.63. The molecule has 96 valence electrons. The second-order valence-corrected chi connectivity index (χ2v) is 3.81. The van der Waals surface area contributed by atoms with Gasteiger partial charge in [-0.05, 0) is 23.8 Å². The number of hydrogen-bond acceptors (Lipinski definition) is 5. The van der Waals surface area contributed by atoms with Crippen LogP contribution < -0.4 is 9.47 Å². The summed E-state index contributed by atoms with van der Waals surface area (Å²) in [4.78, 5) is 7.97. The molecule has 1 heterocycles. The Balaban J connectivity index is 2.43. The second-order valence-electron chi connectivity index (χ2n) is 3.81. The van der Waals surface area contributed by atoms with Crippen molar-refractivity contribution in [2.45, 2.75) is 5.92 Å². The van der Waals surface area contributed by atoms with Crippen molar-refractivity contribution in [1.29, 1.82) is 5.26 Å². The fourth-order valence-electron chi connectivity index (χ4n) is 1.82. The Labute approximate surface area is 111 Å². The van der Waals surface area contributed by atoms with Crippen molar-refractivity contribution in [1.82, 2.24) is 9.97 Å². The first-order valence-electron chi connectivity index (χ1n) is 5.67. The first kappa shape index (κ1) is 12.8. The van der Waals surface area contributed by atoms with Gasteiger partial charge in [0, 0.05) is 6.20 Å². The SMILES string of the molecule is COc1ccc(C(C#N)c2ccncn2)cc1OC. The fraction of sp³-hybridized carbons (Fsp3) is 0.214. The summed E-state index contributed by atoms with van der Waals surface area (Å²) >= 11 is 0. The molecule has 0 aliphatic rings. The molecule has 1 aromatic carbocycles. The first-order valence-corrected chi connectivity index (χ1v) is 5.67. The van der Waals surface area contributed by atoms with Crippen LogP contribution in [-0.2, 0) is 0 Å². The molecule has 19 heavy (non-hydrogen) atoms. The van der Waals surface area contributed by atoms with E-state index in [4.69, 9.17) is 9.47 Å². The minimum Gasteiger partial charge on any atom is -0.493 e. The molecule has 2 aromatic rings. The van der Waals surface area contributed by atoms with E-state index in [0.29, 0.717) is 17.2 Å². The Morgan fingerprint density at radius 3 is 2.53 bits per heavy atom. The average molecular weight is 255 g/mol. The Bertz CT molecular complexity index is 593. The minimum absolute atomic E-state index is 0.456. The summed E-state index contributed by atoms with van der Waals surface area (Å²) in [5.74, 6) is 0.766. The fourth-order valence-corrected chi connectivity index (χ4v) is 1.82. The molecular weight excluding hydrogens is 242 g/mol. The molecule has 0 aliphatic heterocycles. The Kier molecular flexibility index (Phi) is 3.94. The van der Waals surface area contributed by atoms with Crippen LogP contribution in [0.5, 0.6) is 11.5 Å². The number of rotatable bonds is 4. The van der Waals surface area contributed by atoms with Gasteiger partial charge in [0.1, 0.15) is 12.2 Å². The maximum Gasteiger partial charge on any atom is 0.161 e. The van der Waals surface area contributed by atoms with Crippen molar-refractivity contribution in [3.63, 3.8) is 0 Å². The third-order valence-corrected chi connectivity index (χ3v) is 2.77. The number of ether oxygens (including phenoxy) is 2. The van der Waals surface area contributed by atoms with Crippen LogP contribution in [0.1, 0.15) is 17.2 Å². The molecule has 0 spiro atoms. The van der Waals surface area contributed by atoms with Gasteiger partial charge in [0.15, 0.2) is 11.5 Å². The molecular formula is C14H13N3O2. The largest absolute Gasteiger partial charge is 0.493 e. The zero-order valence-electron chi connectivity index (χ0n) is 10.7. The average Bonchev–Trinajstić information content (AvgIpc) is 2.49. The molecule has 0 aliphatic carbocycles. The van der Waals surface area contributed by atoms with E-state index in [2.05, 4.69) is 16.0 Å². The minimum atomic E-state index is -0.456. The summed E-state index contributed by atoms with van der Waals surface area (Å²) in [5, 5.41) is 9.34. The van der Waals surface area contributed by atoms with Crippen LogP contribution in [-0.4, -0.2) is 24.2 Å². The van der Waals surface area contributed by atoms with E-state index in [-0.39, 0.29) is 0 Å². The number of nitriles is 1. The smallest absolute Gasteiger partial charge is 0.161 e. The molecule has 0 N–H and O–H groups in total. The molecule has 1 aromatic heterocycles. The van der Waals surface area contributed by atoms with Crippen molar-refractivity contribution in [3.8, 4) is 17.6 Å². The maximum absolute atomic E-state index is 9.34. The third-order valence-electron chi connectivity index (χ3n) is 2.77. The highest BCUT2D eigenvalue weighted by Crippen LogP contribution is 2.32. The van der Waals surface area contributed by atoms with Gasteiger partial charge >= 0.3 is 0 Å². The summed E-state index contributed by atoms with van der Waals surface area (Å²) < 4.78 is 10.4. The molecule has 2 rings (SSSR count). The number of methoxy groups -OCH3 is 2. The van der Waals surface area contributed by atoms with E-state index < -0.39 is 5.92 Å². The predicted molar refractivity (Wildman–Crippen MR) is 69.0 cm³/mol. The standard InChI is InChI=1S/C14H13N3O2/c1-18-13-4-3-10(7-14(13)19-2)11(8-15)12-5-6-16-9-17-12/h3-7,9,11H,1-2H3. The van der Waals surface area contributed by atoms with Crippen molar-refractivity contribution < 1.29 is 9.47 Å². The van der Waals surface area contributed by atoms with E-state index in [9.17, 15) is 5.26 Å². The zero-order chi connectivity index (χ0) is 13.7. The lowest BCUT2D eigenvalue weighted by Crippen LogP contribution is -2.02. The van der Waals surface area contributed by atoms with Gasteiger partial charge in [-0.1, -0.05) is 6.07 Å². The van der Waals surface area contributed by atoms with Crippen molar-refractivity contribution in [3.05, 3.63) is 48.0 Å². The normalized spacial score (nSPS) is 11.4. The molecule has 0 radical (unpaired) electrons. The number of benzene rings is 1. The van der Waals surface area contributed by atoms with E-state index >= 15 is 0 Å². The second kappa shape index (κ2) is 5.83. The monoisotopic (exact) mass is 255 g/mol. The van der Waals surface area contributed by atoms with E-state index in [1.807, 2.05) is 6.07 Å². The quantitative estimate of drug-likeness (QED) is 0.837. The maximum atomic E-state index is 9.34. The van der Waals surface area contributed by atoms with Gasteiger partial charge in [0.2, 0.25) is 0 Å². The van der Waals surface area contributed by atoms with Crippen LogP contribution >= 0.6 is 0 Å². The highest BCUT2D eigenvalue weighted by molar-refractivity contribution is 5.47. The summed E-state index contributed by atoms with van der Waals surface area (Å²) in [5.41, 5.74) is 1.46. The molecule has 0 fully saturated rings. The molecule has 0 saturated heterocycles. The molecule has 0 amide bonds. The Morgan fingerprint density at radius 1 is 1.16 bits per heavy atom. The lowest BCUT2D eigenvalue weighted by Gasteiger charge is -2.12. The summed E-state index contributed by atoms with van der Waals surface area (Å²) in [7, 11) is 3.14. The van der Waals surface area contributed by atoms with Gasteiger partial charge in [-0.3, -0.25) is 0 Å². The first-order chi connectivity index (χ1) is 9.30. The summed E-state index contributed by atoms with van der Waals surface area (Å²) in [6, 6.07) is 9.36. The number of nitrogens with zero attached hydrogens (tertiary/aromatic N) is 3. The predicted octanol–water partition coefficient (Wildman–Crippen LogP) is 2.15. The Morgan fingerprint density at radius 2 is 1.95 bits per heavy atom. The van der Waals surface area contributed by atoms with Crippen LogP contribution in [0.4, 0.5) is 0 Å². The van der Waals surface area contributed by atoms with E-state index in [1.165, 1.54) is 6.33 Å².